The molecule has 0 heterocycles. The number of hydrogen-bond donors (Lipinski definition) is 2. The Balaban J connectivity index is 1.38. The molecule has 1 aromatic carbocycles. The third-order valence-corrected chi connectivity index (χ3v) is 5.98. The predicted molar refractivity (Wildman–Crippen MR) is 125 cm³/mol. The Bertz CT molecular complexity index is 818. The minimum absolute atomic E-state index is 0.146. The number of aliphatic hydroxyl groups excluding tert-OH is 1. The van der Waals surface area contributed by atoms with Gasteiger partial charge in [-0.3, -0.25) is 9.59 Å². The normalized spacial score (nSPS) is 17.8. The third kappa shape index (κ3) is 8.66. The first kappa shape index (κ1) is 23.2. The lowest BCUT2D eigenvalue weighted by Gasteiger charge is -2.06. The van der Waals surface area contributed by atoms with Crippen LogP contribution in [0.5, 0.6) is 0 Å². The van der Waals surface area contributed by atoms with Gasteiger partial charge in [-0.1, -0.05) is 54.6 Å². The van der Waals surface area contributed by atoms with Crippen molar-refractivity contribution in [1.29, 1.82) is 0 Å². The highest BCUT2D eigenvalue weighted by atomic mass is 16.3. The molecule has 0 aliphatic heterocycles. The highest BCUT2D eigenvalue weighted by Gasteiger charge is 2.21. The molecule has 2 aliphatic rings. The second-order valence-corrected chi connectivity index (χ2v) is 8.69. The molecular formula is C27H35NO3. The molecule has 31 heavy (non-hydrogen) atoms. The summed E-state index contributed by atoms with van der Waals surface area (Å²) in [6.45, 7) is 0.836. The number of rotatable bonds is 13. The van der Waals surface area contributed by atoms with E-state index in [1.807, 2.05) is 36.4 Å². The standard InChI is InChI=1S/C27H35NO3/c29-24(17-14-21-8-4-3-5-9-21)18-15-23-16-19-26(30)25(23)10-6-1-2-7-11-27(31)28-20-22-12-13-22/h1,3-6,8-9,15,18,22,24,29H,2,7,10-14,16-17,19-20H2,(H,28,31)/b6-1-,18-15?/t24-/m0/s1. The van der Waals surface area contributed by atoms with Gasteiger partial charge in [0.1, 0.15) is 0 Å². The minimum Gasteiger partial charge on any atom is -0.389 e. The molecule has 1 saturated carbocycles. The average molecular weight is 422 g/mol. The third-order valence-electron chi connectivity index (χ3n) is 5.98. The summed E-state index contributed by atoms with van der Waals surface area (Å²) in [7, 11) is 0. The Hall–Kier alpha value is -2.46. The lowest BCUT2D eigenvalue weighted by atomic mass is 10.0. The zero-order valence-corrected chi connectivity index (χ0v) is 18.4. The van der Waals surface area contributed by atoms with Crippen LogP contribution in [0, 0.1) is 5.92 Å². The Morgan fingerprint density at radius 3 is 2.74 bits per heavy atom. The molecule has 4 nitrogen and oxygen atoms in total. The van der Waals surface area contributed by atoms with Gasteiger partial charge in [-0.15, -0.1) is 0 Å². The summed E-state index contributed by atoms with van der Waals surface area (Å²) < 4.78 is 0. The van der Waals surface area contributed by atoms with E-state index >= 15 is 0 Å². The van der Waals surface area contributed by atoms with Crippen molar-refractivity contribution in [1.82, 2.24) is 5.32 Å². The van der Waals surface area contributed by atoms with Gasteiger partial charge >= 0.3 is 0 Å². The number of carbonyl (C=O) groups is 2. The van der Waals surface area contributed by atoms with E-state index in [1.165, 1.54) is 18.4 Å². The summed E-state index contributed by atoms with van der Waals surface area (Å²) in [5.41, 5.74) is 3.13. The van der Waals surface area contributed by atoms with Crippen molar-refractivity contribution in [2.45, 2.75) is 70.3 Å². The Morgan fingerprint density at radius 2 is 1.97 bits per heavy atom. The summed E-state index contributed by atoms with van der Waals surface area (Å²) in [6, 6.07) is 10.2. The van der Waals surface area contributed by atoms with Gasteiger partial charge in [-0.2, -0.15) is 0 Å². The highest BCUT2D eigenvalue weighted by molar-refractivity contribution is 5.99. The fourth-order valence-electron chi connectivity index (χ4n) is 3.81. The summed E-state index contributed by atoms with van der Waals surface area (Å²) >= 11 is 0. The van der Waals surface area contributed by atoms with Crippen LogP contribution in [0.3, 0.4) is 0 Å². The molecule has 1 fully saturated rings. The van der Waals surface area contributed by atoms with Crippen molar-refractivity contribution in [3.8, 4) is 0 Å². The van der Waals surface area contributed by atoms with Gasteiger partial charge in [0.25, 0.3) is 0 Å². The maximum atomic E-state index is 12.2. The van der Waals surface area contributed by atoms with E-state index in [-0.39, 0.29) is 11.7 Å². The van der Waals surface area contributed by atoms with E-state index in [1.54, 1.807) is 0 Å². The Morgan fingerprint density at radius 1 is 1.16 bits per heavy atom. The van der Waals surface area contributed by atoms with Gasteiger partial charge in [0.15, 0.2) is 5.78 Å². The van der Waals surface area contributed by atoms with Crippen LogP contribution in [0.4, 0.5) is 0 Å². The van der Waals surface area contributed by atoms with Crippen molar-refractivity contribution in [2.24, 2.45) is 5.92 Å². The maximum Gasteiger partial charge on any atom is 0.220 e. The highest BCUT2D eigenvalue weighted by Crippen LogP contribution is 2.28. The van der Waals surface area contributed by atoms with E-state index in [2.05, 4.69) is 23.5 Å². The summed E-state index contributed by atoms with van der Waals surface area (Å²) in [5, 5.41) is 13.3. The number of aliphatic hydroxyl groups is 1. The minimum atomic E-state index is -0.508. The summed E-state index contributed by atoms with van der Waals surface area (Å²) in [5.74, 6) is 1.07. The van der Waals surface area contributed by atoms with Crippen molar-refractivity contribution >= 4 is 11.7 Å². The number of unbranched alkanes of at least 4 members (excludes halogenated alkanes) is 1. The van der Waals surface area contributed by atoms with Gasteiger partial charge in [0, 0.05) is 25.0 Å². The molecule has 0 radical (unpaired) electrons. The fourth-order valence-corrected chi connectivity index (χ4v) is 3.81. The van der Waals surface area contributed by atoms with E-state index in [4.69, 9.17) is 0 Å². The van der Waals surface area contributed by atoms with Crippen LogP contribution < -0.4 is 5.32 Å². The van der Waals surface area contributed by atoms with Crippen molar-refractivity contribution in [3.63, 3.8) is 0 Å². The molecule has 0 saturated heterocycles. The Kier molecular flexibility index (Phi) is 9.29. The Labute approximate surface area is 186 Å². The first-order valence-electron chi connectivity index (χ1n) is 11.7. The molecule has 1 amide bonds. The fraction of sp³-hybridized carbons (Fsp3) is 0.481. The lowest BCUT2D eigenvalue weighted by Crippen LogP contribution is -2.24. The molecule has 0 unspecified atom stereocenters. The quantitative estimate of drug-likeness (QED) is 0.354. The zero-order valence-electron chi connectivity index (χ0n) is 18.4. The monoisotopic (exact) mass is 421 g/mol. The molecule has 0 bridgehead atoms. The van der Waals surface area contributed by atoms with E-state index < -0.39 is 6.10 Å². The molecule has 1 aromatic rings. The van der Waals surface area contributed by atoms with Gasteiger partial charge in [-0.05, 0) is 68.4 Å². The van der Waals surface area contributed by atoms with Crippen LogP contribution in [0.15, 0.2) is 65.8 Å². The number of Topliss-reactive ketones (excluding diaryl/α,β-unsaturated/α-hetero) is 1. The van der Waals surface area contributed by atoms with Crippen LogP contribution in [-0.4, -0.2) is 29.4 Å². The number of benzene rings is 1. The molecule has 2 aliphatic carbocycles. The molecule has 0 aromatic heterocycles. The first-order chi connectivity index (χ1) is 15.1. The SMILES string of the molecule is O=C(CCC/C=C\CC1=C(C=C[C@@H](O)CCc2ccccc2)CCC1=O)NCC1CC1. The average Bonchev–Trinajstić information content (AvgIpc) is 3.55. The lowest BCUT2D eigenvalue weighted by molar-refractivity contribution is -0.121. The number of ketones is 1. The molecule has 166 valence electrons. The number of allylic oxidation sites excluding steroid dienone is 5. The van der Waals surface area contributed by atoms with E-state index in [0.29, 0.717) is 31.6 Å². The number of aryl methyl sites for hydroxylation is 1. The largest absolute Gasteiger partial charge is 0.389 e. The van der Waals surface area contributed by atoms with Gasteiger partial charge < -0.3 is 10.4 Å². The summed E-state index contributed by atoms with van der Waals surface area (Å²) in [6.07, 6.45) is 15.6. The molecular weight excluding hydrogens is 386 g/mol. The molecule has 3 rings (SSSR count). The van der Waals surface area contributed by atoms with Crippen LogP contribution in [0.1, 0.15) is 63.4 Å². The molecule has 2 N–H and O–H groups in total. The number of hydrogen-bond acceptors (Lipinski definition) is 3. The van der Waals surface area contributed by atoms with Crippen molar-refractivity contribution in [3.05, 3.63) is 71.3 Å². The van der Waals surface area contributed by atoms with Crippen LogP contribution >= 0.6 is 0 Å². The van der Waals surface area contributed by atoms with E-state index in [0.717, 1.165) is 43.4 Å². The summed E-state index contributed by atoms with van der Waals surface area (Å²) in [4.78, 5) is 24.0. The zero-order chi connectivity index (χ0) is 21.9. The van der Waals surface area contributed by atoms with Gasteiger partial charge in [0.05, 0.1) is 6.10 Å². The topological polar surface area (TPSA) is 66.4 Å². The van der Waals surface area contributed by atoms with Gasteiger partial charge in [0.2, 0.25) is 5.91 Å². The number of nitrogens with one attached hydrogen (secondary N) is 1. The molecule has 4 heteroatoms. The number of amides is 1. The van der Waals surface area contributed by atoms with Gasteiger partial charge in [-0.25, -0.2) is 0 Å². The maximum absolute atomic E-state index is 12.2. The first-order valence-corrected chi connectivity index (χ1v) is 11.7. The molecule has 1 atom stereocenters. The van der Waals surface area contributed by atoms with Crippen molar-refractivity contribution in [2.75, 3.05) is 6.54 Å². The molecule has 0 spiro atoms. The van der Waals surface area contributed by atoms with Crippen LogP contribution in [0.25, 0.3) is 0 Å². The second-order valence-electron chi connectivity index (χ2n) is 8.69. The van der Waals surface area contributed by atoms with E-state index in [9.17, 15) is 14.7 Å². The predicted octanol–water partition coefficient (Wildman–Crippen LogP) is 4.84. The van der Waals surface area contributed by atoms with Crippen molar-refractivity contribution < 1.29 is 14.7 Å². The van der Waals surface area contributed by atoms with Crippen LogP contribution in [0.2, 0.25) is 0 Å². The van der Waals surface area contributed by atoms with Crippen LogP contribution in [-0.2, 0) is 16.0 Å². The second kappa shape index (κ2) is 12.4. The number of carbonyl (C=O) groups excluding carboxylic acids is 2. The smallest absolute Gasteiger partial charge is 0.220 e.